The maximum atomic E-state index is 12.7. The van der Waals surface area contributed by atoms with Crippen molar-refractivity contribution in [3.8, 4) is 0 Å². The first-order valence-electron chi connectivity index (χ1n) is 6.47. The number of hydrogen-bond acceptors (Lipinski definition) is 3. The normalized spacial score (nSPS) is 18.6. The molecule has 0 aliphatic carbocycles. The maximum absolute atomic E-state index is 12.7. The first-order valence-corrected chi connectivity index (χ1v) is 8.04. The summed E-state index contributed by atoms with van der Waals surface area (Å²) in [6, 6.07) is 5.70. The molecule has 0 saturated carbocycles. The van der Waals surface area contributed by atoms with Gasteiger partial charge in [-0.25, -0.2) is 0 Å². The second-order valence-electron chi connectivity index (χ2n) is 4.94. The molecule has 1 amide bonds. The smallest absolute Gasteiger partial charge is 0.265 e. The summed E-state index contributed by atoms with van der Waals surface area (Å²) in [6.07, 6.45) is 0. The van der Waals surface area contributed by atoms with Crippen LogP contribution >= 0.6 is 46.9 Å². The molecule has 1 N–H and O–H groups in total. The van der Waals surface area contributed by atoms with Crippen molar-refractivity contribution in [1.29, 1.82) is 0 Å². The number of rotatable bonds is 1. The maximum Gasteiger partial charge on any atom is 0.265 e. The van der Waals surface area contributed by atoms with E-state index in [2.05, 4.69) is 5.32 Å². The largest absolute Gasteiger partial charge is 0.333 e. The lowest BCUT2D eigenvalue weighted by atomic mass is 10.2. The van der Waals surface area contributed by atoms with Gasteiger partial charge in [-0.15, -0.1) is 23.7 Å². The number of halogens is 3. The first kappa shape index (κ1) is 16.8. The highest BCUT2D eigenvalue weighted by Crippen LogP contribution is 2.37. The van der Waals surface area contributed by atoms with Crippen LogP contribution in [0.15, 0.2) is 18.2 Å². The van der Waals surface area contributed by atoms with E-state index in [1.54, 1.807) is 6.07 Å². The minimum absolute atomic E-state index is 0. The van der Waals surface area contributed by atoms with Crippen LogP contribution in [-0.4, -0.2) is 36.5 Å². The van der Waals surface area contributed by atoms with E-state index in [0.29, 0.717) is 21.5 Å². The standard InChI is InChI=1S/C14H14Cl2N2OS.ClH/c1-8-7-17-4-5-18(8)14(19)13-12(16)10-3-2-9(15)6-11(10)20-13;/h2-3,6,8,17H,4-5,7H2,1H3;1H. The van der Waals surface area contributed by atoms with Gasteiger partial charge in [0, 0.05) is 40.8 Å². The number of benzene rings is 1. The van der Waals surface area contributed by atoms with E-state index < -0.39 is 0 Å². The molecule has 1 aromatic heterocycles. The third-order valence-corrected chi connectivity index (χ3v) is 5.43. The zero-order chi connectivity index (χ0) is 14.3. The van der Waals surface area contributed by atoms with Gasteiger partial charge in [0.15, 0.2) is 0 Å². The van der Waals surface area contributed by atoms with Crippen LogP contribution in [-0.2, 0) is 0 Å². The van der Waals surface area contributed by atoms with Crippen LogP contribution in [0.1, 0.15) is 16.6 Å². The Balaban J connectivity index is 0.00000161. The van der Waals surface area contributed by atoms with Gasteiger partial charge in [0.1, 0.15) is 4.88 Å². The molecule has 1 aliphatic heterocycles. The summed E-state index contributed by atoms with van der Waals surface area (Å²) in [4.78, 5) is 15.2. The van der Waals surface area contributed by atoms with Crippen molar-refractivity contribution in [2.45, 2.75) is 13.0 Å². The summed E-state index contributed by atoms with van der Waals surface area (Å²) in [5, 5.41) is 5.37. The number of carbonyl (C=O) groups is 1. The minimum Gasteiger partial charge on any atom is -0.333 e. The highest BCUT2D eigenvalue weighted by Gasteiger charge is 2.27. The van der Waals surface area contributed by atoms with E-state index in [1.165, 1.54) is 11.3 Å². The molecule has 0 radical (unpaired) electrons. The van der Waals surface area contributed by atoms with Crippen LogP contribution in [0.2, 0.25) is 10.0 Å². The molecule has 1 atom stereocenters. The molecule has 1 unspecified atom stereocenters. The first-order chi connectivity index (χ1) is 9.58. The number of thiophene rings is 1. The number of nitrogens with one attached hydrogen (secondary N) is 1. The Kier molecular flexibility index (Phi) is 5.38. The van der Waals surface area contributed by atoms with Gasteiger partial charge in [0.05, 0.1) is 5.02 Å². The molecule has 114 valence electrons. The highest BCUT2D eigenvalue weighted by atomic mass is 35.5. The van der Waals surface area contributed by atoms with Crippen molar-refractivity contribution in [2.24, 2.45) is 0 Å². The molecule has 7 heteroatoms. The van der Waals surface area contributed by atoms with Gasteiger partial charge in [0.2, 0.25) is 0 Å². The zero-order valence-corrected chi connectivity index (χ0v) is 14.5. The van der Waals surface area contributed by atoms with E-state index in [4.69, 9.17) is 23.2 Å². The lowest BCUT2D eigenvalue weighted by molar-refractivity contribution is 0.0661. The number of fused-ring (bicyclic) bond motifs is 1. The quantitative estimate of drug-likeness (QED) is 0.826. The molecule has 21 heavy (non-hydrogen) atoms. The monoisotopic (exact) mass is 364 g/mol. The SMILES string of the molecule is CC1CNCCN1C(=O)c1sc2cc(Cl)ccc2c1Cl.Cl. The van der Waals surface area contributed by atoms with Gasteiger partial charge < -0.3 is 10.2 Å². The van der Waals surface area contributed by atoms with Gasteiger partial charge in [-0.2, -0.15) is 0 Å². The Morgan fingerprint density at radius 2 is 2.19 bits per heavy atom. The number of nitrogens with zero attached hydrogens (tertiary/aromatic N) is 1. The van der Waals surface area contributed by atoms with Gasteiger partial charge in [0.25, 0.3) is 5.91 Å². The molecule has 1 aromatic carbocycles. The van der Waals surface area contributed by atoms with Crippen molar-refractivity contribution in [3.05, 3.63) is 33.1 Å². The third-order valence-electron chi connectivity index (χ3n) is 3.55. The Morgan fingerprint density at radius 3 is 2.90 bits per heavy atom. The molecule has 1 saturated heterocycles. The molecular weight excluding hydrogens is 351 g/mol. The van der Waals surface area contributed by atoms with Crippen LogP contribution in [0.4, 0.5) is 0 Å². The fourth-order valence-corrected chi connectivity index (χ4v) is 4.19. The Bertz CT molecular complexity index is 674. The molecule has 3 rings (SSSR count). The van der Waals surface area contributed by atoms with Crippen LogP contribution < -0.4 is 5.32 Å². The van der Waals surface area contributed by atoms with E-state index >= 15 is 0 Å². The van der Waals surface area contributed by atoms with Gasteiger partial charge in [-0.3, -0.25) is 4.79 Å². The molecule has 0 spiro atoms. The summed E-state index contributed by atoms with van der Waals surface area (Å²) in [5.41, 5.74) is 0. The van der Waals surface area contributed by atoms with Crippen LogP contribution in [0.5, 0.6) is 0 Å². The number of carbonyl (C=O) groups excluding carboxylic acids is 1. The van der Waals surface area contributed by atoms with E-state index in [0.717, 1.165) is 23.2 Å². The van der Waals surface area contributed by atoms with Crippen molar-refractivity contribution in [3.63, 3.8) is 0 Å². The summed E-state index contributed by atoms with van der Waals surface area (Å²) in [5.74, 6) is 0.0151. The molecule has 1 fully saturated rings. The molecule has 1 aliphatic rings. The fraction of sp³-hybridized carbons (Fsp3) is 0.357. The van der Waals surface area contributed by atoms with Gasteiger partial charge in [-0.1, -0.05) is 29.3 Å². The lowest BCUT2D eigenvalue weighted by Gasteiger charge is -2.33. The molecule has 2 heterocycles. The lowest BCUT2D eigenvalue weighted by Crippen LogP contribution is -2.52. The van der Waals surface area contributed by atoms with E-state index in [9.17, 15) is 4.79 Å². The summed E-state index contributed by atoms with van der Waals surface area (Å²) < 4.78 is 0.952. The number of amides is 1. The predicted octanol–water partition coefficient (Wildman–Crippen LogP) is 4.06. The summed E-state index contributed by atoms with van der Waals surface area (Å²) in [7, 11) is 0. The van der Waals surface area contributed by atoms with E-state index in [-0.39, 0.29) is 24.4 Å². The fourth-order valence-electron chi connectivity index (χ4n) is 2.45. The topological polar surface area (TPSA) is 32.3 Å². The van der Waals surface area contributed by atoms with Crippen LogP contribution in [0.25, 0.3) is 10.1 Å². The summed E-state index contributed by atoms with van der Waals surface area (Å²) >= 11 is 13.8. The van der Waals surface area contributed by atoms with E-state index in [1.807, 2.05) is 24.0 Å². The van der Waals surface area contributed by atoms with Crippen molar-refractivity contribution in [1.82, 2.24) is 10.2 Å². The van der Waals surface area contributed by atoms with Crippen LogP contribution in [0.3, 0.4) is 0 Å². The number of hydrogen-bond donors (Lipinski definition) is 1. The van der Waals surface area contributed by atoms with Crippen LogP contribution in [0, 0.1) is 0 Å². The van der Waals surface area contributed by atoms with Crippen molar-refractivity contribution < 1.29 is 4.79 Å². The van der Waals surface area contributed by atoms with Crippen molar-refractivity contribution in [2.75, 3.05) is 19.6 Å². The Hall–Kier alpha value is -0.520. The zero-order valence-electron chi connectivity index (χ0n) is 11.4. The third kappa shape index (κ3) is 3.15. The second-order valence-corrected chi connectivity index (χ2v) is 6.80. The molecular formula is C14H15Cl3N2OS. The Morgan fingerprint density at radius 1 is 1.43 bits per heavy atom. The van der Waals surface area contributed by atoms with Gasteiger partial charge >= 0.3 is 0 Å². The average molecular weight is 366 g/mol. The second kappa shape index (κ2) is 6.71. The minimum atomic E-state index is 0. The van der Waals surface area contributed by atoms with Gasteiger partial charge in [-0.05, 0) is 19.1 Å². The predicted molar refractivity (Wildman–Crippen MR) is 92.5 cm³/mol. The number of piperazine rings is 1. The molecule has 0 bridgehead atoms. The highest BCUT2D eigenvalue weighted by molar-refractivity contribution is 7.21. The molecule has 3 nitrogen and oxygen atoms in total. The summed E-state index contributed by atoms with van der Waals surface area (Å²) in [6.45, 7) is 4.40. The van der Waals surface area contributed by atoms with Crippen molar-refractivity contribution >= 4 is 62.9 Å². The average Bonchev–Trinajstić information content (AvgIpc) is 2.75. The Labute approximate surface area is 143 Å². The molecule has 2 aromatic rings.